The first-order valence-corrected chi connectivity index (χ1v) is 12.4. The number of nitrogens with one attached hydrogen (secondary N) is 1. The lowest BCUT2D eigenvalue weighted by Gasteiger charge is -2.34. The van der Waals surface area contributed by atoms with E-state index in [1.54, 1.807) is 37.4 Å². The number of hydrogen-bond acceptors (Lipinski definition) is 8. The van der Waals surface area contributed by atoms with Gasteiger partial charge in [0.25, 0.3) is 0 Å². The van der Waals surface area contributed by atoms with Gasteiger partial charge in [0.05, 0.1) is 18.0 Å². The number of benzene rings is 2. The van der Waals surface area contributed by atoms with E-state index in [0.717, 1.165) is 51.2 Å². The molecule has 37 heavy (non-hydrogen) atoms. The number of H-pyrrole nitrogens is 1. The second-order valence-corrected chi connectivity index (χ2v) is 9.08. The maximum Gasteiger partial charge on any atom is 0.230 e. The molecule has 1 aliphatic heterocycles. The summed E-state index contributed by atoms with van der Waals surface area (Å²) < 4.78 is 32.6. The van der Waals surface area contributed by atoms with E-state index >= 15 is 4.39 Å². The first-order valence-electron chi connectivity index (χ1n) is 12.4. The van der Waals surface area contributed by atoms with Gasteiger partial charge in [-0.15, -0.1) is 0 Å². The van der Waals surface area contributed by atoms with Crippen LogP contribution in [0.3, 0.4) is 0 Å². The average molecular weight is 508 g/mol. The van der Waals surface area contributed by atoms with Crippen LogP contribution in [0.1, 0.15) is 12.1 Å². The van der Waals surface area contributed by atoms with E-state index in [1.165, 1.54) is 6.33 Å². The van der Waals surface area contributed by atoms with Gasteiger partial charge in [0.1, 0.15) is 19.2 Å². The summed E-state index contributed by atoms with van der Waals surface area (Å²) >= 11 is 0. The Balaban J connectivity index is 1.28. The zero-order valence-electron chi connectivity index (χ0n) is 21.0. The van der Waals surface area contributed by atoms with Gasteiger partial charge in [-0.2, -0.15) is 0 Å². The van der Waals surface area contributed by atoms with Crippen molar-refractivity contribution >= 4 is 28.1 Å². The van der Waals surface area contributed by atoms with Crippen molar-refractivity contribution in [1.82, 2.24) is 24.8 Å². The first kappa shape index (κ1) is 24.9. The minimum Gasteiger partial charge on any atom is -0.493 e. The zero-order valence-corrected chi connectivity index (χ0v) is 21.0. The molecule has 1 saturated heterocycles. The summed E-state index contributed by atoms with van der Waals surface area (Å²) in [7, 11) is 1.57. The normalized spacial score (nSPS) is 14.8. The minimum absolute atomic E-state index is 0.0806. The molecular formula is C27H30FN5O4. The number of carbonyl (C=O) groups excluding carboxylic acids is 1. The molecule has 1 fully saturated rings. The van der Waals surface area contributed by atoms with Gasteiger partial charge in [-0.1, -0.05) is 0 Å². The predicted octanol–water partition coefficient (Wildman–Crippen LogP) is 3.94. The molecule has 0 radical (unpaired) electrons. The molecule has 2 aromatic carbocycles. The number of aryl methyl sites for hydroxylation is 1. The van der Waals surface area contributed by atoms with Gasteiger partial charge in [-0.3, -0.25) is 4.90 Å². The molecule has 0 bridgehead atoms. The predicted molar refractivity (Wildman–Crippen MR) is 138 cm³/mol. The lowest BCUT2D eigenvalue weighted by molar-refractivity contribution is -0.108. The third-order valence-electron chi connectivity index (χ3n) is 6.62. The van der Waals surface area contributed by atoms with Gasteiger partial charge < -0.3 is 28.9 Å². The van der Waals surface area contributed by atoms with Crippen molar-refractivity contribution in [1.29, 1.82) is 0 Å². The van der Waals surface area contributed by atoms with Crippen molar-refractivity contribution in [3.8, 4) is 23.1 Å². The largest absolute Gasteiger partial charge is 0.493 e. The van der Waals surface area contributed by atoms with Crippen LogP contribution in [-0.4, -0.2) is 84.0 Å². The van der Waals surface area contributed by atoms with Crippen LogP contribution in [-0.2, 0) is 4.79 Å². The second-order valence-electron chi connectivity index (χ2n) is 9.08. The summed E-state index contributed by atoms with van der Waals surface area (Å²) in [5.41, 5.74) is 2.18. The van der Waals surface area contributed by atoms with Crippen LogP contribution in [0.5, 0.6) is 23.1 Å². The molecule has 1 N–H and O–H groups in total. The summed E-state index contributed by atoms with van der Waals surface area (Å²) in [5.74, 6) is 0.942. The smallest absolute Gasteiger partial charge is 0.230 e. The number of aromatic nitrogens is 3. The van der Waals surface area contributed by atoms with Gasteiger partial charge in [-0.25, -0.2) is 14.4 Å². The van der Waals surface area contributed by atoms with Crippen molar-refractivity contribution in [3.05, 3.63) is 48.2 Å². The fourth-order valence-electron chi connectivity index (χ4n) is 4.62. The minimum atomic E-state index is -0.454. The molecule has 2 aromatic heterocycles. The molecule has 0 atom stereocenters. The number of aromatic amines is 1. The Labute approximate surface area is 214 Å². The quantitative estimate of drug-likeness (QED) is 0.323. The number of rotatable bonds is 10. The SMILES string of the molecule is COc1cc2c(Oc3ccc4[nH]c(C)cc4c3F)ncnc2cc1OCCN1CCN(CCC=O)CC1. The number of ether oxygens (including phenoxy) is 3. The van der Waals surface area contributed by atoms with Crippen LogP contribution < -0.4 is 14.2 Å². The number of halogens is 1. The van der Waals surface area contributed by atoms with Gasteiger partial charge in [0.15, 0.2) is 23.1 Å². The van der Waals surface area contributed by atoms with E-state index in [4.69, 9.17) is 14.2 Å². The fourth-order valence-corrected chi connectivity index (χ4v) is 4.62. The van der Waals surface area contributed by atoms with Crippen molar-refractivity contribution < 1.29 is 23.4 Å². The Morgan fingerprint density at radius 3 is 2.54 bits per heavy atom. The van der Waals surface area contributed by atoms with Crippen LogP contribution in [0.4, 0.5) is 4.39 Å². The molecule has 4 aromatic rings. The highest BCUT2D eigenvalue weighted by atomic mass is 19.1. The van der Waals surface area contributed by atoms with Crippen LogP contribution in [0.25, 0.3) is 21.8 Å². The highest BCUT2D eigenvalue weighted by Crippen LogP contribution is 2.37. The van der Waals surface area contributed by atoms with E-state index in [0.29, 0.717) is 46.3 Å². The maximum absolute atomic E-state index is 15.1. The Kier molecular flexibility index (Phi) is 7.47. The molecule has 9 nitrogen and oxygen atoms in total. The first-order chi connectivity index (χ1) is 18.1. The molecule has 10 heteroatoms. The van der Waals surface area contributed by atoms with Gasteiger partial charge in [0, 0.05) is 68.4 Å². The van der Waals surface area contributed by atoms with Crippen molar-refractivity contribution in [2.45, 2.75) is 13.3 Å². The number of fused-ring (bicyclic) bond motifs is 2. The van der Waals surface area contributed by atoms with Crippen LogP contribution in [0.15, 0.2) is 36.7 Å². The van der Waals surface area contributed by atoms with Gasteiger partial charge in [-0.05, 0) is 31.2 Å². The topological polar surface area (TPSA) is 92.8 Å². The van der Waals surface area contributed by atoms with Gasteiger partial charge in [0.2, 0.25) is 5.88 Å². The Hall–Kier alpha value is -3.76. The lowest BCUT2D eigenvalue weighted by Crippen LogP contribution is -2.47. The summed E-state index contributed by atoms with van der Waals surface area (Å²) in [6.45, 7) is 7.75. The van der Waals surface area contributed by atoms with Crippen molar-refractivity contribution in [2.75, 3.05) is 53.0 Å². The molecule has 194 valence electrons. The van der Waals surface area contributed by atoms with E-state index in [-0.39, 0.29) is 11.6 Å². The van der Waals surface area contributed by atoms with E-state index in [9.17, 15) is 4.79 Å². The standard InChI is InChI=1S/C27H30FN5O4/c1-18-14-19-21(31-18)4-5-23(26(19)28)37-27-20-15-24(35-2)25(16-22(20)29-17-30-27)36-13-11-33-9-7-32(8-10-33)6-3-12-34/h4-5,12,14-17,31H,3,6-11,13H2,1-2H3. The van der Waals surface area contributed by atoms with E-state index in [2.05, 4.69) is 24.8 Å². The number of aldehydes is 1. The zero-order chi connectivity index (χ0) is 25.8. The number of piperazine rings is 1. The van der Waals surface area contributed by atoms with E-state index in [1.807, 2.05) is 6.92 Å². The Morgan fingerprint density at radius 2 is 1.78 bits per heavy atom. The number of hydrogen-bond donors (Lipinski definition) is 1. The van der Waals surface area contributed by atoms with Gasteiger partial charge >= 0.3 is 0 Å². The summed E-state index contributed by atoms with van der Waals surface area (Å²) in [6.07, 6.45) is 2.94. The monoisotopic (exact) mass is 507 g/mol. The van der Waals surface area contributed by atoms with E-state index < -0.39 is 5.82 Å². The highest BCUT2D eigenvalue weighted by Gasteiger charge is 2.18. The van der Waals surface area contributed by atoms with Crippen LogP contribution in [0.2, 0.25) is 0 Å². The average Bonchev–Trinajstić information content (AvgIpc) is 3.30. The third kappa shape index (κ3) is 5.50. The number of carbonyl (C=O) groups is 1. The third-order valence-corrected chi connectivity index (χ3v) is 6.62. The molecule has 1 aliphatic rings. The molecule has 0 amide bonds. The molecule has 0 saturated carbocycles. The summed E-state index contributed by atoms with van der Waals surface area (Å²) in [6, 6.07) is 8.65. The molecule has 0 aliphatic carbocycles. The Bertz CT molecular complexity index is 1400. The molecule has 0 unspecified atom stereocenters. The number of methoxy groups -OCH3 is 1. The fraction of sp³-hybridized carbons (Fsp3) is 0.370. The molecular weight excluding hydrogens is 477 g/mol. The summed E-state index contributed by atoms with van der Waals surface area (Å²) in [5, 5.41) is 1.05. The second kappa shape index (κ2) is 11.1. The van der Waals surface area contributed by atoms with Crippen molar-refractivity contribution in [2.24, 2.45) is 0 Å². The lowest BCUT2D eigenvalue weighted by atomic mass is 10.2. The Morgan fingerprint density at radius 1 is 1.00 bits per heavy atom. The van der Waals surface area contributed by atoms with Crippen molar-refractivity contribution in [3.63, 3.8) is 0 Å². The maximum atomic E-state index is 15.1. The molecule has 0 spiro atoms. The molecule has 3 heterocycles. The number of nitrogens with zero attached hydrogens (tertiary/aromatic N) is 4. The summed E-state index contributed by atoms with van der Waals surface area (Å²) in [4.78, 5) is 27.0. The molecule has 5 rings (SSSR count). The van der Waals surface area contributed by atoms with Crippen LogP contribution >= 0.6 is 0 Å². The van der Waals surface area contributed by atoms with Crippen LogP contribution in [0, 0.1) is 12.7 Å². The highest BCUT2D eigenvalue weighted by molar-refractivity contribution is 5.87.